The smallest absolute Gasteiger partial charge is 0.238 e. The standard InChI is InChI=1S/C5H10N2O/c1-3(2)4(6)5(7)8/h4H,1,6H2,2H3,(H2,7,8)/t4-/m0/s1. The molecule has 0 aromatic carbocycles. The molecule has 0 unspecified atom stereocenters. The molecule has 0 aromatic heterocycles. The lowest BCUT2D eigenvalue weighted by molar-refractivity contribution is -0.118. The Hall–Kier alpha value is -0.830. The molecular weight excluding hydrogens is 104 g/mol. The Morgan fingerprint density at radius 1 is 1.75 bits per heavy atom. The molecule has 46 valence electrons. The predicted molar refractivity (Wildman–Crippen MR) is 32.0 cm³/mol. The first-order valence-electron chi connectivity index (χ1n) is 2.26. The van der Waals surface area contributed by atoms with Gasteiger partial charge in [0.1, 0.15) is 6.04 Å². The molecule has 0 aliphatic rings. The number of nitrogens with two attached hydrogens (primary N) is 2. The quantitative estimate of drug-likeness (QED) is 0.469. The summed E-state index contributed by atoms with van der Waals surface area (Å²) in [6.07, 6.45) is 0. The van der Waals surface area contributed by atoms with E-state index in [0.717, 1.165) is 0 Å². The van der Waals surface area contributed by atoms with Crippen LogP contribution in [0.15, 0.2) is 12.2 Å². The van der Waals surface area contributed by atoms with E-state index in [2.05, 4.69) is 6.58 Å². The second kappa shape index (κ2) is 2.47. The van der Waals surface area contributed by atoms with E-state index >= 15 is 0 Å². The van der Waals surface area contributed by atoms with Crippen molar-refractivity contribution in [1.29, 1.82) is 0 Å². The molecule has 0 rings (SSSR count). The summed E-state index contributed by atoms with van der Waals surface area (Å²) in [7, 11) is 0. The SMILES string of the molecule is C=C(C)[C@H](N)C(N)=O. The predicted octanol–water partition coefficient (Wildman–Crippen LogP) is -0.625. The Kier molecular flexibility index (Phi) is 2.21. The fourth-order valence-corrected chi connectivity index (χ4v) is 0.243. The van der Waals surface area contributed by atoms with E-state index in [4.69, 9.17) is 11.5 Å². The third-order valence-electron chi connectivity index (χ3n) is 0.837. The van der Waals surface area contributed by atoms with E-state index in [0.29, 0.717) is 5.57 Å². The summed E-state index contributed by atoms with van der Waals surface area (Å²) in [5, 5.41) is 0. The lowest BCUT2D eigenvalue weighted by Gasteiger charge is -2.03. The minimum Gasteiger partial charge on any atom is -0.368 e. The first-order valence-corrected chi connectivity index (χ1v) is 2.26. The van der Waals surface area contributed by atoms with Crippen molar-refractivity contribution in [3.05, 3.63) is 12.2 Å². The normalized spacial score (nSPS) is 12.8. The van der Waals surface area contributed by atoms with Crippen molar-refractivity contribution in [2.45, 2.75) is 13.0 Å². The molecule has 0 aliphatic carbocycles. The summed E-state index contributed by atoms with van der Waals surface area (Å²) in [4.78, 5) is 10.2. The van der Waals surface area contributed by atoms with Gasteiger partial charge >= 0.3 is 0 Å². The molecule has 0 aliphatic heterocycles. The highest BCUT2D eigenvalue weighted by molar-refractivity contribution is 5.82. The van der Waals surface area contributed by atoms with Crippen LogP contribution in [0.5, 0.6) is 0 Å². The Morgan fingerprint density at radius 2 is 2.12 bits per heavy atom. The van der Waals surface area contributed by atoms with E-state index < -0.39 is 11.9 Å². The molecule has 0 aromatic rings. The van der Waals surface area contributed by atoms with Crippen LogP contribution in [0.1, 0.15) is 6.92 Å². The molecule has 0 fully saturated rings. The van der Waals surface area contributed by atoms with Crippen molar-refractivity contribution in [2.24, 2.45) is 11.5 Å². The summed E-state index contributed by atoms with van der Waals surface area (Å²) in [5.74, 6) is -0.530. The molecule has 0 saturated carbocycles. The van der Waals surface area contributed by atoms with Crippen LogP contribution in [0, 0.1) is 0 Å². The number of hydrogen-bond acceptors (Lipinski definition) is 2. The van der Waals surface area contributed by atoms with Gasteiger partial charge in [0.2, 0.25) is 5.91 Å². The third-order valence-corrected chi connectivity index (χ3v) is 0.837. The minimum atomic E-state index is -0.685. The Bertz CT molecular complexity index is 106. The van der Waals surface area contributed by atoms with Gasteiger partial charge in [-0.2, -0.15) is 0 Å². The van der Waals surface area contributed by atoms with Gasteiger partial charge in [-0.05, 0) is 6.92 Å². The number of carbonyl (C=O) groups excluding carboxylic acids is 1. The second-order valence-electron chi connectivity index (χ2n) is 1.73. The van der Waals surface area contributed by atoms with Crippen molar-refractivity contribution < 1.29 is 4.79 Å². The van der Waals surface area contributed by atoms with Gasteiger partial charge in [-0.25, -0.2) is 0 Å². The summed E-state index contributed by atoms with van der Waals surface area (Å²) >= 11 is 0. The molecule has 3 heteroatoms. The molecule has 1 amide bonds. The monoisotopic (exact) mass is 114 g/mol. The molecule has 3 nitrogen and oxygen atoms in total. The molecule has 0 saturated heterocycles. The van der Waals surface area contributed by atoms with Crippen LogP contribution in [0.4, 0.5) is 0 Å². The highest BCUT2D eigenvalue weighted by atomic mass is 16.1. The van der Waals surface area contributed by atoms with Crippen LogP contribution in [-0.4, -0.2) is 11.9 Å². The van der Waals surface area contributed by atoms with Gasteiger partial charge < -0.3 is 11.5 Å². The zero-order chi connectivity index (χ0) is 6.73. The lowest BCUT2D eigenvalue weighted by atomic mass is 10.1. The third kappa shape index (κ3) is 1.75. The van der Waals surface area contributed by atoms with Gasteiger partial charge in [0.05, 0.1) is 0 Å². The maximum atomic E-state index is 10.2. The van der Waals surface area contributed by atoms with Gasteiger partial charge in [0, 0.05) is 0 Å². The van der Waals surface area contributed by atoms with Crippen LogP contribution < -0.4 is 11.5 Å². The molecule has 0 bridgehead atoms. The largest absolute Gasteiger partial charge is 0.368 e. The van der Waals surface area contributed by atoms with Gasteiger partial charge in [0.25, 0.3) is 0 Å². The van der Waals surface area contributed by atoms with Gasteiger partial charge in [-0.3, -0.25) is 4.79 Å². The van der Waals surface area contributed by atoms with E-state index in [1.165, 1.54) is 0 Å². The van der Waals surface area contributed by atoms with E-state index in [1.54, 1.807) is 6.92 Å². The fourth-order valence-electron chi connectivity index (χ4n) is 0.243. The molecule has 8 heavy (non-hydrogen) atoms. The highest BCUT2D eigenvalue weighted by Crippen LogP contribution is 1.90. The van der Waals surface area contributed by atoms with Gasteiger partial charge in [-0.15, -0.1) is 0 Å². The minimum absolute atomic E-state index is 0.530. The number of hydrogen-bond donors (Lipinski definition) is 2. The number of primary amides is 1. The summed E-state index contributed by atoms with van der Waals surface area (Å²) in [6.45, 7) is 5.11. The summed E-state index contributed by atoms with van der Waals surface area (Å²) in [5.41, 5.74) is 10.6. The highest BCUT2D eigenvalue weighted by Gasteiger charge is 2.07. The average Bonchev–Trinajstić information content (AvgIpc) is 1.64. The van der Waals surface area contributed by atoms with Crippen LogP contribution >= 0.6 is 0 Å². The molecule has 0 spiro atoms. The van der Waals surface area contributed by atoms with Gasteiger partial charge in [0.15, 0.2) is 0 Å². The molecule has 0 heterocycles. The lowest BCUT2D eigenvalue weighted by Crippen LogP contribution is -2.36. The average molecular weight is 114 g/mol. The maximum absolute atomic E-state index is 10.2. The van der Waals surface area contributed by atoms with E-state index in [9.17, 15) is 4.79 Å². The van der Waals surface area contributed by atoms with Crippen molar-refractivity contribution in [3.8, 4) is 0 Å². The number of amides is 1. The van der Waals surface area contributed by atoms with Crippen molar-refractivity contribution in [3.63, 3.8) is 0 Å². The van der Waals surface area contributed by atoms with Crippen LogP contribution in [0.3, 0.4) is 0 Å². The van der Waals surface area contributed by atoms with E-state index in [1.807, 2.05) is 0 Å². The number of carbonyl (C=O) groups is 1. The summed E-state index contributed by atoms with van der Waals surface area (Å²) < 4.78 is 0. The van der Waals surface area contributed by atoms with E-state index in [-0.39, 0.29) is 0 Å². The first-order chi connectivity index (χ1) is 3.55. The van der Waals surface area contributed by atoms with Crippen molar-refractivity contribution in [2.75, 3.05) is 0 Å². The molecule has 4 N–H and O–H groups in total. The molecule has 1 atom stereocenters. The number of rotatable bonds is 2. The maximum Gasteiger partial charge on any atom is 0.238 e. The van der Waals surface area contributed by atoms with Crippen molar-refractivity contribution >= 4 is 5.91 Å². The Morgan fingerprint density at radius 3 is 2.12 bits per heavy atom. The topological polar surface area (TPSA) is 69.1 Å². The van der Waals surface area contributed by atoms with Gasteiger partial charge in [-0.1, -0.05) is 12.2 Å². The molecular formula is C5H10N2O. The Balaban J connectivity index is 3.83. The van der Waals surface area contributed by atoms with Crippen LogP contribution in [-0.2, 0) is 4.79 Å². The molecule has 0 radical (unpaired) electrons. The first kappa shape index (κ1) is 7.17. The second-order valence-corrected chi connectivity index (χ2v) is 1.73. The Labute approximate surface area is 48.4 Å². The zero-order valence-electron chi connectivity index (χ0n) is 4.85. The zero-order valence-corrected chi connectivity index (χ0v) is 4.85. The summed E-state index contributed by atoms with van der Waals surface area (Å²) in [6, 6.07) is -0.685. The fraction of sp³-hybridized carbons (Fsp3) is 0.400. The van der Waals surface area contributed by atoms with Crippen LogP contribution in [0.25, 0.3) is 0 Å². The van der Waals surface area contributed by atoms with Crippen LogP contribution in [0.2, 0.25) is 0 Å². The van der Waals surface area contributed by atoms with Crippen molar-refractivity contribution in [1.82, 2.24) is 0 Å².